The number of benzene rings is 1. The third kappa shape index (κ3) is 1.69. The van der Waals surface area contributed by atoms with Gasteiger partial charge < -0.3 is 19.9 Å². The second kappa shape index (κ2) is 3.87. The summed E-state index contributed by atoms with van der Waals surface area (Å²) in [5, 5.41) is 12.8. The minimum absolute atomic E-state index is 0.0526. The molecule has 0 radical (unpaired) electrons. The maximum Gasteiger partial charge on any atom is 0.165 e. The van der Waals surface area contributed by atoms with Gasteiger partial charge in [0.05, 0.1) is 0 Å². The topological polar surface area (TPSA) is 50.7 Å². The summed E-state index contributed by atoms with van der Waals surface area (Å²) in [6.07, 6.45) is 2.37. The van der Waals surface area contributed by atoms with Gasteiger partial charge in [-0.2, -0.15) is 0 Å². The second-order valence-electron chi connectivity index (χ2n) is 4.30. The molecule has 2 aliphatic rings. The number of fused-ring (bicyclic) bond motifs is 1. The number of phenolic OH excluding ortho intramolecular Hbond substituents is 1. The summed E-state index contributed by atoms with van der Waals surface area (Å²) in [7, 11) is 0. The van der Waals surface area contributed by atoms with Crippen molar-refractivity contribution < 1.29 is 14.6 Å². The molecular weight excluding hydrogens is 206 g/mol. The molecule has 0 bridgehead atoms. The minimum atomic E-state index is 0.0526. The molecule has 0 spiro atoms. The molecule has 0 saturated carbocycles. The van der Waals surface area contributed by atoms with Crippen molar-refractivity contribution >= 4 is 0 Å². The van der Waals surface area contributed by atoms with Gasteiger partial charge in [-0.05, 0) is 31.5 Å². The summed E-state index contributed by atoms with van der Waals surface area (Å²) < 4.78 is 11.5. The van der Waals surface area contributed by atoms with Crippen molar-refractivity contribution in [1.29, 1.82) is 0 Å². The van der Waals surface area contributed by atoms with Gasteiger partial charge in [-0.15, -0.1) is 0 Å². The van der Waals surface area contributed by atoms with Gasteiger partial charge in [0, 0.05) is 12.1 Å². The lowest BCUT2D eigenvalue weighted by molar-refractivity contribution is 0.0668. The SMILES string of the molecule is Oc1ccc2c(c1)O[C@@H]([C@@H]1CCCN1)CO2. The van der Waals surface area contributed by atoms with Gasteiger partial charge >= 0.3 is 0 Å². The highest BCUT2D eigenvalue weighted by atomic mass is 16.6. The number of rotatable bonds is 1. The van der Waals surface area contributed by atoms with Crippen LogP contribution in [0.1, 0.15) is 12.8 Å². The number of hydrogen-bond acceptors (Lipinski definition) is 4. The molecule has 3 rings (SSSR count). The highest BCUT2D eigenvalue weighted by Crippen LogP contribution is 2.35. The Morgan fingerprint density at radius 1 is 1.31 bits per heavy atom. The molecule has 86 valence electrons. The number of nitrogens with one attached hydrogen (secondary N) is 1. The summed E-state index contributed by atoms with van der Waals surface area (Å²) in [5.41, 5.74) is 0. The molecule has 0 aliphatic carbocycles. The fraction of sp³-hybridized carbons (Fsp3) is 0.500. The summed E-state index contributed by atoms with van der Waals surface area (Å²) >= 11 is 0. The molecule has 0 amide bonds. The van der Waals surface area contributed by atoms with Crippen LogP contribution in [0.25, 0.3) is 0 Å². The van der Waals surface area contributed by atoms with Crippen LogP contribution in [0.2, 0.25) is 0 Å². The van der Waals surface area contributed by atoms with E-state index in [1.54, 1.807) is 18.2 Å². The van der Waals surface area contributed by atoms with Crippen molar-refractivity contribution in [2.24, 2.45) is 0 Å². The molecule has 1 aromatic carbocycles. The Morgan fingerprint density at radius 3 is 3.06 bits per heavy atom. The van der Waals surface area contributed by atoms with Gasteiger partial charge in [-0.25, -0.2) is 0 Å². The molecule has 2 atom stereocenters. The molecule has 2 heterocycles. The molecule has 4 heteroatoms. The fourth-order valence-corrected chi connectivity index (χ4v) is 2.30. The fourth-order valence-electron chi connectivity index (χ4n) is 2.30. The Kier molecular flexibility index (Phi) is 2.36. The first-order chi connectivity index (χ1) is 7.83. The predicted molar refractivity (Wildman–Crippen MR) is 59.0 cm³/mol. The van der Waals surface area contributed by atoms with E-state index in [9.17, 15) is 5.11 Å². The van der Waals surface area contributed by atoms with Crippen LogP contribution in [-0.2, 0) is 0 Å². The van der Waals surface area contributed by atoms with Crippen molar-refractivity contribution in [3.63, 3.8) is 0 Å². The van der Waals surface area contributed by atoms with E-state index in [-0.39, 0.29) is 11.9 Å². The average Bonchev–Trinajstić information content (AvgIpc) is 2.81. The van der Waals surface area contributed by atoms with Crippen molar-refractivity contribution in [1.82, 2.24) is 5.32 Å². The average molecular weight is 221 g/mol. The van der Waals surface area contributed by atoms with Gasteiger partial charge in [-0.1, -0.05) is 0 Å². The Labute approximate surface area is 94.2 Å². The maximum absolute atomic E-state index is 9.39. The summed E-state index contributed by atoms with van der Waals surface area (Å²) in [4.78, 5) is 0. The highest BCUT2D eigenvalue weighted by Gasteiger charge is 2.30. The van der Waals surface area contributed by atoms with E-state index in [0.717, 1.165) is 13.0 Å². The molecule has 0 aromatic heterocycles. The van der Waals surface area contributed by atoms with Gasteiger partial charge in [0.15, 0.2) is 11.5 Å². The lowest BCUT2D eigenvalue weighted by Gasteiger charge is -2.30. The highest BCUT2D eigenvalue weighted by molar-refractivity contribution is 5.46. The smallest absolute Gasteiger partial charge is 0.165 e. The molecule has 1 aromatic rings. The zero-order valence-electron chi connectivity index (χ0n) is 8.98. The van der Waals surface area contributed by atoms with E-state index in [1.165, 1.54) is 6.42 Å². The molecule has 4 nitrogen and oxygen atoms in total. The molecule has 2 aliphatic heterocycles. The Hall–Kier alpha value is -1.42. The van der Waals surface area contributed by atoms with E-state index >= 15 is 0 Å². The monoisotopic (exact) mass is 221 g/mol. The van der Waals surface area contributed by atoms with Gasteiger partial charge in [0.25, 0.3) is 0 Å². The molecule has 2 N–H and O–H groups in total. The second-order valence-corrected chi connectivity index (χ2v) is 4.30. The van der Waals surface area contributed by atoms with Crippen LogP contribution in [0.3, 0.4) is 0 Å². The Balaban J connectivity index is 1.79. The van der Waals surface area contributed by atoms with Crippen LogP contribution < -0.4 is 14.8 Å². The first kappa shape index (κ1) is 9.78. The van der Waals surface area contributed by atoms with E-state index in [2.05, 4.69) is 5.32 Å². The summed E-state index contributed by atoms with van der Waals surface area (Å²) in [6.45, 7) is 1.63. The molecule has 1 fully saturated rings. The van der Waals surface area contributed by atoms with Crippen LogP contribution in [0.15, 0.2) is 18.2 Å². The minimum Gasteiger partial charge on any atom is -0.508 e. The first-order valence-electron chi connectivity index (χ1n) is 5.69. The van der Waals surface area contributed by atoms with Crippen molar-refractivity contribution in [2.75, 3.05) is 13.2 Å². The van der Waals surface area contributed by atoms with E-state index in [0.29, 0.717) is 24.1 Å². The first-order valence-corrected chi connectivity index (χ1v) is 5.69. The third-order valence-electron chi connectivity index (χ3n) is 3.16. The standard InChI is InChI=1S/C12H15NO3/c14-8-3-4-10-11(6-8)16-12(7-15-10)9-2-1-5-13-9/h3-4,6,9,12-14H,1-2,5,7H2/t9-,12+/m0/s1. The van der Waals surface area contributed by atoms with Crippen LogP contribution in [0, 0.1) is 0 Å². The number of phenols is 1. The number of aromatic hydroxyl groups is 1. The third-order valence-corrected chi connectivity index (χ3v) is 3.16. The van der Waals surface area contributed by atoms with Crippen molar-refractivity contribution in [2.45, 2.75) is 25.0 Å². The van der Waals surface area contributed by atoms with Gasteiger partial charge in [0.1, 0.15) is 18.5 Å². The number of ether oxygens (including phenoxy) is 2. The van der Waals surface area contributed by atoms with Gasteiger partial charge in [0.2, 0.25) is 0 Å². The Bertz CT molecular complexity index is 388. The van der Waals surface area contributed by atoms with E-state index in [1.807, 2.05) is 0 Å². The van der Waals surface area contributed by atoms with Crippen LogP contribution in [0.4, 0.5) is 0 Å². The van der Waals surface area contributed by atoms with Crippen molar-refractivity contribution in [3.8, 4) is 17.2 Å². The normalized spacial score (nSPS) is 28.0. The Morgan fingerprint density at radius 2 is 2.25 bits per heavy atom. The lowest BCUT2D eigenvalue weighted by Crippen LogP contribution is -2.44. The largest absolute Gasteiger partial charge is 0.508 e. The zero-order valence-corrected chi connectivity index (χ0v) is 8.98. The lowest BCUT2D eigenvalue weighted by atomic mass is 10.1. The van der Waals surface area contributed by atoms with Crippen LogP contribution >= 0.6 is 0 Å². The maximum atomic E-state index is 9.39. The van der Waals surface area contributed by atoms with Gasteiger partial charge in [-0.3, -0.25) is 0 Å². The molecular formula is C12H15NO3. The van der Waals surface area contributed by atoms with E-state index < -0.39 is 0 Å². The molecule has 16 heavy (non-hydrogen) atoms. The quantitative estimate of drug-likeness (QED) is 0.750. The predicted octanol–water partition coefficient (Wildman–Crippen LogP) is 1.28. The summed E-state index contributed by atoms with van der Waals surface area (Å²) in [5.74, 6) is 1.57. The van der Waals surface area contributed by atoms with Crippen molar-refractivity contribution in [3.05, 3.63) is 18.2 Å². The molecule has 0 unspecified atom stereocenters. The number of hydrogen-bond donors (Lipinski definition) is 2. The summed E-state index contributed by atoms with van der Waals surface area (Å²) in [6, 6.07) is 5.32. The van der Waals surface area contributed by atoms with E-state index in [4.69, 9.17) is 9.47 Å². The zero-order chi connectivity index (χ0) is 11.0. The van der Waals surface area contributed by atoms with Crippen LogP contribution in [0.5, 0.6) is 17.2 Å². The molecule has 1 saturated heterocycles. The van der Waals surface area contributed by atoms with Crippen LogP contribution in [-0.4, -0.2) is 30.4 Å².